The van der Waals surface area contributed by atoms with Crippen LogP contribution in [0.4, 0.5) is 0 Å². The number of likely N-dealkylation sites (tertiary alicyclic amines) is 1. The van der Waals surface area contributed by atoms with Crippen LogP contribution < -0.4 is 10.1 Å². The third-order valence-corrected chi connectivity index (χ3v) is 5.93. The Bertz CT molecular complexity index is 680. The van der Waals surface area contributed by atoms with Crippen molar-refractivity contribution in [2.75, 3.05) is 79.9 Å². The first-order chi connectivity index (χ1) is 15.8. The fourth-order valence-electron chi connectivity index (χ4n) is 4.06. The molecule has 0 atom stereocenters. The van der Waals surface area contributed by atoms with Crippen molar-refractivity contribution >= 4 is 29.9 Å². The Morgan fingerprint density at radius 1 is 1.12 bits per heavy atom. The van der Waals surface area contributed by atoms with Crippen LogP contribution in [-0.4, -0.2) is 102 Å². The summed E-state index contributed by atoms with van der Waals surface area (Å²) in [6.07, 6.45) is 3.35. The van der Waals surface area contributed by atoms with Crippen molar-refractivity contribution in [3.05, 3.63) is 29.8 Å². The molecule has 0 aromatic heterocycles. The average molecular weight is 577 g/mol. The number of hydrogen-bond donors (Lipinski definition) is 1. The van der Waals surface area contributed by atoms with Crippen molar-refractivity contribution in [2.24, 2.45) is 4.99 Å². The number of nitrogens with one attached hydrogen (secondary N) is 1. The number of nitrogens with zero attached hydrogens (tertiary/aromatic N) is 3. The van der Waals surface area contributed by atoms with Crippen LogP contribution in [0.25, 0.3) is 0 Å². The summed E-state index contributed by atoms with van der Waals surface area (Å²) in [5.74, 6) is 1.86. The summed E-state index contributed by atoms with van der Waals surface area (Å²) in [6.45, 7) is 9.42. The zero-order chi connectivity index (χ0) is 22.4. The van der Waals surface area contributed by atoms with E-state index in [9.17, 15) is 0 Å². The highest BCUT2D eigenvalue weighted by molar-refractivity contribution is 14.0. The topological polar surface area (TPSA) is 67.8 Å². The Hall–Kier alpha value is -1.14. The molecule has 188 valence electrons. The van der Waals surface area contributed by atoms with Crippen LogP contribution in [0.15, 0.2) is 29.3 Å². The summed E-state index contributed by atoms with van der Waals surface area (Å²) < 4.78 is 22.4. The molecule has 8 nitrogen and oxygen atoms in total. The number of hydrogen-bond acceptors (Lipinski definition) is 6. The van der Waals surface area contributed by atoms with Gasteiger partial charge in [0.25, 0.3) is 0 Å². The monoisotopic (exact) mass is 576 g/mol. The van der Waals surface area contributed by atoms with Gasteiger partial charge in [0.2, 0.25) is 0 Å². The number of piperidine rings is 1. The van der Waals surface area contributed by atoms with Crippen molar-refractivity contribution in [2.45, 2.75) is 31.9 Å². The van der Waals surface area contributed by atoms with Gasteiger partial charge in [0.15, 0.2) is 5.96 Å². The number of rotatable bonds is 11. The first-order valence-electron chi connectivity index (χ1n) is 11.9. The molecular weight excluding hydrogens is 535 g/mol. The molecule has 0 radical (unpaired) electrons. The van der Waals surface area contributed by atoms with Crippen LogP contribution in [0.2, 0.25) is 0 Å². The number of aliphatic imine (C=N–C) groups is 1. The maximum absolute atomic E-state index is 5.99. The van der Waals surface area contributed by atoms with Crippen LogP contribution in [0.3, 0.4) is 0 Å². The summed E-state index contributed by atoms with van der Waals surface area (Å²) in [5.41, 5.74) is 1.19. The predicted octanol–water partition coefficient (Wildman–Crippen LogP) is 2.61. The molecular formula is C24H41IN4O4. The Morgan fingerprint density at radius 2 is 1.91 bits per heavy atom. The van der Waals surface area contributed by atoms with Gasteiger partial charge in [-0.3, -0.25) is 9.89 Å². The zero-order valence-corrected chi connectivity index (χ0v) is 22.5. The molecule has 2 heterocycles. The van der Waals surface area contributed by atoms with Crippen molar-refractivity contribution in [1.29, 1.82) is 0 Å². The Morgan fingerprint density at radius 3 is 2.64 bits per heavy atom. The van der Waals surface area contributed by atoms with E-state index in [1.807, 2.05) is 13.1 Å². The molecule has 1 aromatic rings. The first kappa shape index (κ1) is 28.1. The molecule has 2 aliphatic heterocycles. The quantitative estimate of drug-likeness (QED) is 0.188. The van der Waals surface area contributed by atoms with E-state index >= 15 is 0 Å². The summed E-state index contributed by atoms with van der Waals surface area (Å²) in [4.78, 5) is 9.19. The van der Waals surface area contributed by atoms with Gasteiger partial charge in [-0.15, -0.1) is 24.0 Å². The van der Waals surface area contributed by atoms with Gasteiger partial charge in [0, 0.05) is 66.6 Å². The van der Waals surface area contributed by atoms with Crippen LogP contribution in [0.1, 0.15) is 24.8 Å². The Balaban J connectivity index is 0.00000385. The van der Waals surface area contributed by atoms with Gasteiger partial charge >= 0.3 is 0 Å². The third kappa shape index (κ3) is 10.3. The van der Waals surface area contributed by atoms with E-state index in [0.717, 1.165) is 96.7 Å². The molecule has 2 fully saturated rings. The first-order valence-corrected chi connectivity index (χ1v) is 11.9. The van der Waals surface area contributed by atoms with Crippen molar-refractivity contribution in [1.82, 2.24) is 15.1 Å². The molecule has 2 aliphatic rings. The van der Waals surface area contributed by atoms with Gasteiger partial charge in [-0.2, -0.15) is 0 Å². The number of guanidine groups is 1. The lowest BCUT2D eigenvalue weighted by Crippen LogP contribution is -2.46. The van der Waals surface area contributed by atoms with Crippen LogP contribution in [0.5, 0.6) is 5.75 Å². The SMILES string of the molecule is CN=C(NCc1cccc(OCCN2CCOCC2)c1)N1CCC(OCCCOC)CC1.I. The molecule has 0 amide bonds. The smallest absolute Gasteiger partial charge is 0.193 e. The summed E-state index contributed by atoms with van der Waals surface area (Å²) in [7, 11) is 3.58. The average Bonchev–Trinajstić information content (AvgIpc) is 2.84. The van der Waals surface area contributed by atoms with Crippen molar-refractivity contribution < 1.29 is 18.9 Å². The van der Waals surface area contributed by atoms with E-state index in [1.54, 1.807) is 7.11 Å². The van der Waals surface area contributed by atoms with Crippen LogP contribution in [-0.2, 0) is 20.8 Å². The summed E-state index contributed by atoms with van der Waals surface area (Å²) in [6, 6.07) is 8.31. The van der Waals surface area contributed by atoms with Gasteiger partial charge in [0.05, 0.1) is 19.3 Å². The van der Waals surface area contributed by atoms with Gasteiger partial charge in [-0.1, -0.05) is 12.1 Å². The molecule has 0 bridgehead atoms. The molecule has 3 rings (SSSR count). The third-order valence-electron chi connectivity index (χ3n) is 5.93. The maximum Gasteiger partial charge on any atom is 0.193 e. The molecule has 1 N–H and O–H groups in total. The molecule has 9 heteroatoms. The normalized spacial score (nSPS) is 18.1. The minimum atomic E-state index is 0. The van der Waals surface area contributed by atoms with Crippen LogP contribution in [0, 0.1) is 0 Å². The second kappa shape index (κ2) is 16.5. The Kier molecular flexibility index (Phi) is 14.0. The van der Waals surface area contributed by atoms with E-state index in [4.69, 9.17) is 18.9 Å². The second-order valence-electron chi connectivity index (χ2n) is 8.25. The molecule has 0 saturated carbocycles. The highest BCUT2D eigenvalue weighted by Crippen LogP contribution is 2.16. The lowest BCUT2D eigenvalue weighted by atomic mass is 10.1. The molecule has 33 heavy (non-hydrogen) atoms. The highest BCUT2D eigenvalue weighted by Gasteiger charge is 2.21. The van der Waals surface area contributed by atoms with Gasteiger partial charge in [-0.05, 0) is 37.0 Å². The minimum absolute atomic E-state index is 0. The number of methoxy groups -OCH3 is 1. The standard InChI is InChI=1S/C24H40N4O4.HI/c1-25-24(28-9-7-22(8-10-28)31-15-4-14-29-2)26-20-21-5-3-6-23(19-21)32-18-13-27-11-16-30-17-12-27;/h3,5-6,19,22H,4,7-18,20H2,1-2H3,(H,25,26);1H. The second-order valence-corrected chi connectivity index (χ2v) is 8.25. The van der Waals surface area contributed by atoms with E-state index in [-0.39, 0.29) is 24.0 Å². The number of halogens is 1. The molecule has 0 aliphatic carbocycles. The van der Waals surface area contributed by atoms with E-state index in [1.165, 1.54) is 5.56 Å². The summed E-state index contributed by atoms with van der Waals surface area (Å²) in [5, 5.41) is 3.51. The van der Waals surface area contributed by atoms with Crippen molar-refractivity contribution in [3.8, 4) is 5.75 Å². The molecule has 0 unspecified atom stereocenters. The number of ether oxygens (including phenoxy) is 4. The zero-order valence-electron chi connectivity index (χ0n) is 20.2. The Labute approximate surface area is 216 Å². The number of morpholine rings is 1. The van der Waals surface area contributed by atoms with Gasteiger partial charge < -0.3 is 29.2 Å². The minimum Gasteiger partial charge on any atom is -0.492 e. The maximum atomic E-state index is 5.99. The lowest BCUT2D eigenvalue weighted by molar-refractivity contribution is 0.00989. The van der Waals surface area contributed by atoms with E-state index in [0.29, 0.717) is 12.7 Å². The molecule has 2 saturated heterocycles. The van der Waals surface area contributed by atoms with Crippen molar-refractivity contribution in [3.63, 3.8) is 0 Å². The van der Waals surface area contributed by atoms with E-state index in [2.05, 4.69) is 38.3 Å². The predicted molar refractivity (Wildman–Crippen MR) is 142 cm³/mol. The van der Waals surface area contributed by atoms with E-state index < -0.39 is 0 Å². The van der Waals surface area contributed by atoms with Gasteiger partial charge in [0.1, 0.15) is 12.4 Å². The fraction of sp³-hybridized carbons (Fsp3) is 0.708. The lowest BCUT2D eigenvalue weighted by Gasteiger charge is -2.34. The number of benzene rings is 1. The van der Waals surface area contributed by atoms with Gasteiger partial charge in [-0.25, -0.2) is 0 Å². The fourth-order valence-corrected chi connectivity index (χ4v) is 4.06. The molecule has 0 spiro atoms. The van der Waals surface area contributed by atoms with Crippen LogP contribution >= 0.6 is 24.0 Å². The molecule has 1 aromatic carbocycles. The largest absolute Gasteiger partial charge is 0.492 e. The summed E-state index contributed by atoms with van der Waals surface area (Å²) >= 11 is 0. The highest BCUT2D eigenvalue weighted by atomic mass is 127.